The monoisotopic (exact) mass is 299 g/mol. The lowest BCUT2D eigenvalue weighted by molar-refractivity contribution is -0.122. The van der Waals surface area contributed by atoms with Gasteiger partial charge in [-0.3, -0.25) is 4.79 Å². The number of methoxy groups -OCH3 is 1. The largest absolute Gasteiger partial charge is 0.497 e. The third-order valence-electron chi connectivity index (χ3n) is 3.27. The van der Waals surface area contributed by atoms with E-state index >= 15 is 0 Å². The molecule has 1 unspecified atom stereocenters. The fourth-order valence-corrected chi connectivity index (χ4v) is 2.11. The Bertz CT molecular complexity index is 640. The second-order valence-corrected chi connectivity index (χ2v) is 5.05. The molecule has 1 amide bonds. The molecule has 0 aliphatic heterocycles. The highest BCUT2D eigenvalue weighted by molar-refractivity contribution is 5.94. The van der Waals surface area contributed by atoms with E-state index in [0.717, 1.165) is 11.3 Å². The second kappa shape index (κ2) is 7.50. The maximum atomic E-state index is 12.3. The van der Waals surface area contributed by atoms with Crippen molar-refractivity contribution in [2.24, 2.45) is 0 Å². The van der Waals surface area contributed by atoms with Gasteiger partial charge in [0.15, 0.2) is 6.10 Å². The second-order valence-electron chi connectivity index (χ2n) is 5.05. The van der Waals surface area contributed by atoms with Crippen molar-refractivity contribution in [2.75, 3.05) is 12.4 Å². The molecular formula is C18H21NO3. The van der Waals surface area contributed by atoms with E-state index in [1.54, 1.807) is 13.2 Å². The van der Waals surface area contributed by atoms with Crippen LogP contribution < -0.4 is 14.8 Å². The molecule has 0 aromatic heterocycles. The van der Waals surface area contributed by atoms with Crippen molar-refractivity contribution in [1.29, 1.82) is 0 Å². The highest BCUT2D eigenvalue weighted by Crippen LogP contribution is 2.21. The minimum atomic E-state index is -0.549. The summed E-state index contributed by atoms with van der Waals surface area (Å²) in [6.45, 7) is 3.90. The Morgan fingerprint density at radius 1 is 1.14 bits per heavy atom. The number of aryl methyl sites for hydroxylation is 1. The average molecular weight is 299 g/mol. The van der Waals surface area contributed by atoms with Crippen LogP contribution >= 0.6 is 0 Å². The predicted molar refractivity (Wildman–Crippen MR) is 87.5 cm³/mol. The summed E-state index contributed by atoms with van der Waals surface area (Å²) in [4.78, 5) is 12.3. The number of ether oxygens (including phenoxy) is 2. The number of rotatable bonds is 6. The van der Waals surface area contributed by atoms with Gasteiger partial charge in [0, 0.05) is 11.8 Å². The first kappa shape index (κ1) is 15.9. The summed E-state index contributed by atoms with van der Waals surface area (Å²) < 4.78 is 10.9. The third kappa shape index (κ3) is 4.25. The van der Waals surface area contributed by atoms with Crippen LogP contribution in [-0.2, 0) is 4.79 Å². The predicted octanol–water partition coefficient (Wildman–Crippen LogP) is 3.80. The Balaban J connectivity index is 2.05. The molecule has 0 spiro atoms. The van der Waals surface area contributed by atoms with Gasteiger partial charge in [0.1, 0.15) is 11.5 Å². The Kier molecular flexibility index (Phi) is 5.42. The molecule has 0 heterocycles. The van der Waals surface area contributed by atoms with Crippen molar-refractivity contribution < 1.29 is 14.3 Å². The normalized spacial score (nSPS) is 11.6. The molecule has 2 aromatic rings. The maximum absolute atomic E-state index is 12.3. The van der Waals surface area contributed by atoms with Crippen LogP contribution in [0.5, 0.6) is 11.5 Å². The zero-order chi connectivity index (χ0) is 15.9. The molecule has 22 heavy (non-hydrogen) atoms. The molecular weight excluding hydrogens is 278 g/mol. The Morgan fingerprint density at radius 2 is 1.86 bits per heavy atom. The van der Waals surface area contributed by atoms with Gasteiger partial charge in [-0.2, -0.15) is 0 Å². The van der Waals surface area contributed by atoms with Gasteiger partial charge in [-0.05, 0) is 43.2 Å². The molecule has 4 nitrogen and oxygen atoms in total. The summed E-state index contributed by atoms with van der Waals surface area (Å²) in [5, 5.41) is 2.89. The Hall–Kier alpha value is -2.49. The van der Waals surface area contributed by atoms with E-state index in [1.807, 2.05) is 56.3 Å². The molecule has 2 rings (SSSR count). The smallest absolute Gasteiger partial charge is 0.265 e. The van der Waals surface area contributed by atoms with Gasteiger partial charge in [-0.1, -0.05) is 25.1 Å². The van der Waals surface area contributed by atoms with Gasteiger partial charge in [0.05, 0.1) is 7.11 Å². The van der Waals surface area contributed by atoms with Gasteiger partial charge in [-0.25, -0.2) is 0 Å². The van der Waals surface area contributed by atoms with Gasteiger partial charge >= 0.3 is 0 Å². The summed E-state index contributed by atoms with van der Waals surface area (Å²) in [6, 6.07) is 14.9. The van der Waals surface area contributed by atoms with E-state index in [4.69, 9.17) is 9.47 Å². The highest BCUT2D eigenvalue weighted by Gasteiger charge is 2.18. The highest BCUT2D eigenvalue weighted by atomic mass is 16.5. The van der Waals surface area contributed by atoms with E-state index in [-0.39, 0.29) is 5.91 Å². The number of anilines is 1. The summed E-state index contributed by atoms with van der Waals surface area (Å²) in [5.74, 6) is 1.16. The van der Waals surface area contributed by atoms with Crippen LogP contribution in [0.15, 0.2) is 48.5 Å². The average Bonchev–Trinajstić information content (AvgIpc) is 2.52. The molecule has 0 saturated carbocycles. The van der Waals surface area contributed by atoms with Gasteiger partial charge in [0.25, 0.3) is 5.91 Å². The first-order valence-corrected chi connectivity index (χ1v) is 7.30. The van der Waals surface area contributed by atoms with E-state index in [0.29, 0.717) is 17.9 Å². The third-order valence-corrected chi connectivity index (χ3v) is 3.27. The molecule has 0 bridgehead atoms. The topological polar surface area (TPSA) is 47.6 Å². The van der Waals surface area contributed by atoms with Crippen molar-refractivity contribution in [3.8, 4) is 11.5 Å². The number of hydrogen-bond donors (Lipinski definition) is 1. The first-order valence-electron chi connectivity index (χ1n) is 7.30. The number of carbonyl (C=O) groups excluding carboxylic acids is 1. The Labute approximate surface area is 131 Å². The maximum Gasteiger partial charge on any atom is 0.265 e. The number of nitrogens with one attached hydrogen (secondary N) is 1. The lowest BCUT2D eigenvalue weighted by atomic mass is 10.2. The fourth-order valence-electron chi connectivity index (χ4n) is 2.11. The van der Waals surface area contributed by atoms with Gasteiger partial charge < -0.3 is 14.8 Å². The Morgan fingerprint density at radius 3 is 2.55 bits per heavy atom. The van der Waals surface area contributed by atoms with E-state index < -0.39 is 6.10 Å². The van der Waals surface area contributed by atoms with Crippen LogP contribution in [0.3, 0.4) is 0 Å². The van der Waals surface area contributed by atoms with Crippen LogP contribution in [0.2, 0.25) is 0 Å². The molecule has 0 radical (unpaired) electrons. The van der Waals surface area contributed by atoms with Gasteiger partial charge in [0.2, 0.25) is 0 Å². The number of hydrogen-bond acceptors (Lipinski definition) is 3. The van der Waals surface area contributed by atoms with Crippen LogP contribution in [0, 0.1) is 6.92 Å². The van der Waals surface area contributed by atoms with Crippen molar-refractivity contribution in [2.45, 2.75) is 26.4 Å². The standard InChI is InChI=1S/C18H21NO3/c1-4-17(22-16-10-6-9-15(12-16)21-3)18(20)19-14-8-5-7-13(2)11-14/h5-12,17H,4H2,1-3H3,(H,19,20). The zero-order valence-corrected chi connectivity index (χ0v) is 13.1. The summed E-state index contributed by atoms with van der Waals surface area (Å²) in [5.41, 5.74) is 1.87. The van der Waals surface area contributed by atoms with Crippen LogP contribution in [0.1, 0.15) is 18.9 Å². The summed E-state index contributed by atoms with van der Waals surface area (Å²) >= 11 is 0. The van der Waals surface area contributed by atoms with E-state index in [2.05, 4.69) is 5.32 Å². The van der Waals surface area contributed by atoms with E-state index in [9.17, 15) is 4.79 Å². The molecule has 0 saturated heterocycles. The van der Waals surface area contributed by atoms with Crippen molar-refractivity contribution in [1.82, 2.24) is 0 Å². The van der Waals surface area contributed by atoms with Crippen molar-refractivity contribution in [3.63, 3.8) is 0 Å². The van der Waals surface area contributed by atoms with E-state index in [1.165, 1.54) is 0 Å². The quantitative estimate of drug-likeness (QED) is 0.882. The fraction of sp³-hybridized carbons (Fsp3) is 0.278. The molecule has 116 valence electrons. The lowest BCUT2D eigenvalue weighted by Crippen LogP contribution is -2.32. The molecule has 4 heteroatoms. The minimum Gasteiger partial charge on any atom is -0.497 e. The SMILES string of the molecule is CCC(Oc1cccc(OC)c1)C(=O)Nc1cccc(C)c1. The van der Waals surface area contributed by atoms with Crippen molar-refractivity contribution >= 4 is 11.6 Å². The zero-order valence-electron chi connectivity index (χ0n) is 13.1. The molecule has 1 atom stereocenters. The number of benzene rings is 2. The summed E-state index contributed by atoms with van der Waals surface area (Å²) in [7, 11) is 1.60. The number of carbonyl (C=O) groups is 1. The first-order chi connectivity index (χ1) is 10.6. The van der Waals surface area contributed by atoms with Crippen LogP contribution in [0.25, 0.3) is 0 Å². The van der Waals surface area contributed by atoms with Crippen molar-refractivity contribution in [3.05, 3.63) is 54.1 Å². The number of amides is 1. The molecule has 0 fully saturated rings. The van der Waals surface area contributed by atoms with Crippen LogP contribution in [0.4, 0.5) is 5.69 Å². The molecule has 1 N–H and O–H groups in total. The van der Waals surface area contributed by atoms with Crippen LogP contribution in [-0.4, -0.2) is 19.1 Å². The molecule has 2 aromatic carbocycles. The summed E-state index contributed by atoms with van der Waals surface area (Å²) in [6.07, 6.45) is 0.0297. The molecule has 0 aliphatic carbocycles. The molecule has 0 aliphatic rings. The minimum absolute atomic E-state index is 0.157. The lowest BCUT2D eigenvalue weighted by Gasteiger charge is -2.18. The van der Waals surface area contributed by atoms with Gasteiger partial charge in [-0.15, -0.1) is 0 Å².